The molecule has 6 heteroatoms. The van der Waals surface area contributed by atoms with E-state index in [4.69, 9.17) is 4.74 Å². The standard InChI is InChI=1S/C17H17N3O3/c1-23-17(22)13-9-12(13)15(11-5-3-2-4-6-11)20-16(21)14-10-18-7-8-19-14/h2-8,10,12-13,15H,9H2,1H3,(H,20,21)/t12-,13-,15+/m1/s1. The zero-order valence-electron chi connectivity index (χ0n) is 12.7. The Morgan fingerprint density at radius 1 is 1.26 bits per heavy atom. The number of nitrogens with zero attached hydrogens (tertiary/aromatic N) is 2. The quantitative estimate of drug-likeness (QED) is 0.851. The highest BCUT2D eigenvalue weighted by atomic mass is 16.5. The zero-order chi connectivity index (χ0) is 16.2. The van der Waals surface area contributed by atoms with Gasteiger partial charge in [0.25, 0.3) is 5.91 Å². The molecule has 1 fully saturated rings. The van der Waals surface area contributed by atoms with Gasteiger partial charge in [-0.05, 0) is 17.9 Å². The van der Waals surface area contributed by atoms with Gasteiger partial charge in [0.1, 0.15) is 5.69 Å². The predicted octanol–water partition coefficient (Wildman–Crippen LogP) is 1.76. The molecule has 0 saturated heterocycles. The van der Waals surface area contributed by atoms with Gasteiger partial charge in [0.15, 0.2) is 0 Å². The lowest BCUT2D eigenvalue weighted by Gasteiger charge is -2.19. The average Bonchev–Trinajstić information content (AvgIpc) is 3.40. The highest BCUT2D eigenvalue weighted by molar-refractivity contribution is 5.92. The minimum absolute atomic E-state index is 0.0328. The van der Waals surface area contributed by atoms with E-state index in [1.165, 1.54) is 25.7 Å². The molecule has 23 heavy (non-hydrogen) atoms. The number of benzene rings is 1. The highest BCUT2D eigenvalue weighted by Gasteiger charge is 2.49. The van der Waals surface area contributed by atoms with Crippen LogP contribution >= 0.6 is 0 Å². The van der Waals surface area contributed by atoms with E-state index in [0.29, 0.717) is 6.42 Å². The third-order valence-electron chi connectivity index (χ3n) is 4.01. The number of amides is 1. The topological polar surface area (TPSA) is 81.2 Å². The molecule has 6 nitrogen and oxygen atoms in total. The first kappa shape index (κ1) is 15.1. The molecule has 1 amide bonds. The van der Waals surface area contributed by atoms with Crippen molar-refractivity contribution >= 4 is 11.9 Å². The van der Waals surface area contributed by atoms with Crippen LogP contribution in [0.5, 0.6) is 0 Å². The lowest BCUT2D eigenvalue weighted by atomic mass is 10.0. The van der Waals surface area contributed by atoms with Gasteiger partial charge >= 0.3 is 5.97 Å². The monoisotopic (exact) mass is 311 g/mol. The minimum atomic E-state index is -0.303. The van der Waals surface area contributed by atoms with Crippen LogP contribution < -0.4 is 5.32 Å². The Balaban J connectivity index is 1.80. The third kappa shape index (κ3) is 3.36. The van der Waals surface area contributed by atoms with Gasteiger partial charge in [-0.25, -0.2) is 4.98 Å². The summed E-state index contributed by atoms with van der Waals surface area (Å²) in [6.45, 7) is 0. The van der Waals surface area contributed by atoms with Crippen molar-refractivity contribution in [3.8, 4) is 0 Å². The van der Waals surface area contributed by atoms with Crippen molar-refractivity contribution in [3.63, 3.8) is 0 Å². The summed E-state index contributed by atoms with van der Waals surface area (Å²) in [6, 6.07) is 9.35. The van der Waals surface area contributed by atoms with E-state index >= 15 is 0 Å². The van der Waals surface area contributed by atoms with Crippen LogP contribution in [-0.4, -0.2) is 29.0 Å². The smallest absolute Gasteiger partial charge is 0.309 e. The van der Waals surface area contributed by atoms with Crippen LogP contribution in [0.1, 0.15) is 28.5 Å². The molecule has 1 aromatic heterocycles. The molecule has 2 aromatic rings. The normalized spacial score (nSPS) is 20.4. The third-order valence-corrected chi connectivity index (χ3v) is 4.01. The van der Waals surface area contributed by atoms with Crippen molar-refractivity contribution in [2.75, 3.05) is 7.11 Å². The fourth-order valence-electron chi connectivity index (χ4n) is 2.73. The van der Waals surface area contributed by atoms with Gasteiger partial charge < -0.3 is 10.1 Å². The van der Waals surface area contributed by atoms with E-state index in [0.717, 1.165) is 5.56 Å². The van der Waals surface area contributed by atoms with Gasteiger partial charge in [-0.15, -0.1) is 0 Å². The first-order valence-electron chi connectivity index (χ1n) is 7.40. The number of aromatic nitrogens is 2. The number of hydrogen-bond acceptors (Lipinski definition) is 5. The van der Waals surface area contributed by atoms with Gasteiger partial charge in [0.05, 0.1) is 25.3 Å². The summed E-state index contributed by atoms with van der Waals surface area (Å²) in [5.74, 6) is -0.676. The summed E-state index contributed by atoms with van der Waals surface area (Å²) in [4.78, 5) is 32.0. The molecule has 3 rings (SSSR count). The highest BCUT2D eigenvalue weighted by Crippen LogP contribution is 2.48. The summed E-state index contributed by atoms with van der Waals surface area (Å²) in [5.41, 5.74) is 1.21. The van der Waals surface area contributed by atoms with Crippen LogP contribution in [0.4, 0.5) is 0 Å². The molecular formula is C17H17N3O3. The first-order chi connectivity index (χ1) is 11.2. The number of esters is 1. The van der Waals surface area contributed by atoms with Gasteiger partial charge in [-0.3, -0.25) is 14.6 Å². The maximum absolute atomic E-state index is 12.4. The molecule has 0 bridgehead atoms. The van der Waals surface area contributed by atoms with E-state index in [9.17, 15) is 9.59 Å². The molecule has 0 unspecified atom stereocenters. The number of carbonyl (C=O) groups is 2. The second kappa shape index (κ2) is 6.56. The number of methoxy groups -OCH3 is 1. The predicted molar refractivity (Wildman–Crippen MR) is 82.3 cm³/mol. The average molecular weight is 311 g/mol. The summed E-state index contributed by atoms with van der Waals surface area (Å²) in [7, 11) is 1.38. The fourth-order valence-corrected chi connectivity index (χ4v) is 2.73. The Hall–Kier alpha value is -2.76. The van der Waals surface area contributed by atoms with Gasteiger partial charge in [-0.1, -0.05) is 30.3 Å². The minimum Gasteiger partial charge on any atom is -0.469 e. The van der Waals surface area contributed by atoms with E-state index in [1.807, 2.05) is 30.3 Å². The summed E-state index contributed by atoms with van der Waals surface area (Å²) in [6.07, 6.45) is 5.11. The van der Waals surface area contributed by atoms with Crippen molar-refractivity contribution in [1.82, 2.24) is 15.3 Å². The molecule has 0 spiro atoms. The molecular weight excluding hydrogens is 294 g/mol. The van der Waals surface area contributed by atoms with E-state index in [1.54, 1.807) is 0 Å². The molecule has 1 heterocycles. The second-order valence-corrected chi connectivity index (χ2v) is 5.48. The van der Waals surface area contributed by atoms with Crippen molar-refractivity contribution in [1.29, 1.82) is 0 Å². The lowest BCUT2D eigenvalue weighted by Crippen LogP contribution is -2.31. The number of carbonyl (C=O) groups excluding carboxylic acids is 2. The Morgan fingerprint density at radius 3 is 2.70 bits per heavy atom. The Kier molecular flexibility index (Phi) is 4.32. The van der Waals surface area contributed by atoms with Crippen molar-refractivity contribution < 1.29 is 14.3 Å². The molecule has 1 aromatic carbocycles. The maximum Gasteiger partial charge on any atom is 0.309 e. The molecule has 1 aliphatic rings. The molecule has 0 radical (unpaired) electrons. The number of ether oxygens (including phenoxy) is 1. The van der Waals surface area contributed by atoms with Crippen LogP contribution in [0.2, 0.25) is 0 Å². The zero-order valence-corrected chi connectivity index (χ0v) is 12.7. The molecule has 118 valence electrons. The summed E-state index contributed by atoms with van der Waals surface area (Å²) in [5, 5.41) is 2.97. The molecule has 0 aliphatic heterocycles. The van der Waals surface area contributed by atoms with Crippen LogP contribution in [-0.2, 0) is 9.53 Å². The molecule has 3 atom stereocenters. The first-order valence-corrected chi connectivity index (χ1v) is 7.40. The molecule has 1 N–H and O–H groups in total. The van der Waals surface area contributed by atoms with Crippen LogP contribution in [0.25, 0.3) is 0 Å². The van der Waals surface area contributed by atoms with Gasteiger partial charge in [0.2, 0.25) is 0 Å². The fraction of sp³-hybridized carbons (Fsp3) is 0.294. The molecule has 1 saturated carbocycles. The van der Waals surface area contributed by atoms with Gasteiger partial charge in [-0.2, -0.15) is 0 Å². The van der Waals surface area contributed by atoms with Gasteiger partial charge in [0, 0.05) is 12.4 Å². The van der Waals surface area contributed by atoms with Crippen molar-refractivity contribution in [2.45, 2.75) is 12.5 Å². The summed E-state index contributed by atoms with van der Waals surface area (Å²) < 4.78 is 4.81. The van der Waals surface area contributed by atoms with Crippen LogP contribution in [0, 0.1) is 11.8 Å². The number of rotatable bonds is 5. The lowest BCUT2D eigenvalue weighted by molar-refractivity contribution is -0.142. The Morgan fingerprint density at radius 2 is 2.04 bits per heavy atom. The van der Waals surface area contributed by atoms with E-state index < -0.39 is 0 Å². The Labute approximate surface area is 133 Å². The molecule has 1 aliphatic carbocycles. The van der Waals surface area contributed by atoms with Crippen molar-refractivity contribution in [2.24, 2.45) is 11.8 Å². The summed E-state index contributed by atoms with van der Waals surface area (Å²) >= 11 is 0. The SMILES string of the molecule is COC(=O)[C@@H]1C[C@H]1[C@@H](NC(=O)c1cnccn1)c1ccccc1. The largest absolute Gasteiger partial charge is 0.469 e. The van der Waals surface area contributed by atoms with E-state index in [2.05, 4.69) is 15.3 Å². The van der Waals surface area contributed by atoms with Crippen molar-refractivity contribution in [3.05, 3.63) is 60.2 Å². The van der Waals surface area contributed by atoms with Crippen LogP contribution in [0.3, 0.4) is 0 Å². The van der Waals surface area contributed by atoms with E-state index in [-0.39, 0.29) is 35.4 Å². The maximum atomic E-state index is 12.4. The number of hydrogen-bond donors (Lipinski definition) is 1. The van der Waals surface area contributed by atoms with Crippen LogP contribution in [0.15, 0.2) is 48.9 Å². The second-order valence-electron chi connectivity index (χ2n) is 5.48. The Bertz CT molecular complexity index is 691. The number of nitrogens with one attached hydrogen (secondary N) is 1.